The second-order valence-corrected chi connectivity index (χ2v) is 4.74. The molecule has 2 unspecified atom stereocenters. The first-order valence-corrected chi connectivity index (χ1v) is 6.89. The van der Waals surface area contributed by atoms with Crippen molar-refractivity contribution in [2.75, 3.05) is 26.4 Å². The number of benzene rings is 1. The van der Waals surface area contributed by atoms with E-state index in [1.165, 1.54) is 6.42 Å². The summed E-state index contributed by atoms with van der Waals surface area (Å²) in [4.78, 5) is 0. The summed E-state index contributed by atoms with van der Waals surface area (Å²) in [6.07, 6.45) is 2.21. The van der Waals surface area contributed by atoms with E-state index in [0.29, 0.717) is 12.0 Å². The zero-order valence-electron chi connectivity index (χ0n) is 11.1. The molecular formula is C15H23NO2. The third kappa shape index (κ3) is 4.00. The third-order valence-corrected chi connectivity index (χ3v) is 3.44. The fraction of sp³-hybridized carbons (Fsp3) is 0.600. The molecule has 1 saturated heterocycles. The van der Waals surface area contributed by atoms with Crippen molar-refractivity contribution in [3.63, 3.8) is 0 Å². The quantitative estimate of drug-likeness (QED) is 0.805. The van der Waals surface area contributed by atoms with Gasteiger partial charge in [0.2, 0.25) is 0 Å². The van der Waals surface area contributed by atoms with E-state index in [9.17, 15) is 0 Å². The van der Waals surface area contributed by atoms with Gasteiger partial charge >= 0.3 is 0 Å². The van der Waals surface area contributed by atoms with E-state index in [1.54, 1.807) is 0 Å². The van der Waals surface area contributed by atoms with Crippen molar-refractivity contribution in [3.05, 3.63) is 30.3 Å². The minimum Gasteiger partial charge on any atom is -0.494 e. The third-order valence-electron chi connectivity index (χ3n) is 3.44. The van der Waals surface area contributed by atoms with Crippen LogP contribution in [0.1, 0.15) is 19.8 Å². The molecule has 0 aliphatic carbocycles. The number of para-hydroxylation sites is 1. The molecule has 1 fully saturated rings. The van der Waals surface area contributed by atoms with Crippen molar-refractivity contribution in [2.24, 2.45) is 5.92 Å². The Balaban J connectivity index is 1.75. The molecule has 1 N–H and O–H groups in total. The van der Waals surface area contributed by atoms with Crippen molar-refractivity contribution in [1.29, 1.82) is 0 Å². The molecule has 0 spiro atoms. The van der Waals surface area contributed by atoms with Crippen LogP contribution in [0.25, 0.3) is 0 Å². The Morgan fingerprint density at radius 3 is 2.89 bits per heavy atom. The highest BCUT2D eigenvalue weighted by atomic mass is 16.5. The number of hydrogen-bond acceptors (Lipinski definition) is 3. The summed E-state index contributed by atoms with van der Waals surface area (Å²) in [5, 5.41) is 3.55. The molecule has 1 aliphatic heterocycles. The predicted octanol–water partition coefficient (Wildman–Crippen LogP) is 2.47. The zero-order valence-corrected chi connectivity index (χ0v) is 11.1. The van der Waals surface area contributed by atoms with Gasteiger partial charge < -0.3 is 14.8 Å². The van der Waals surface area contributed by atoms with Crippen molar-refractivity contribution in [2.45, 2.75) is 25.8 Å². The van der Waals surface area contributed by atoms with Crippen LogP contribution in [-0.2, 0) is 4.74 Å². The van der Waals surface area contributed by atoms with E-state index < -0.39 is 0 Å². The van der Waals surface area contributed by atoms with Crippen LogP contribution in [0.4, 0.5) is 0 Å². The Morgan fingerprint density at radius 1 is 1.39 bits per heavy atom. The van der Waals surface area contributed by atoms with E-state index in [4.69, 9.17) is 9.47 Å². The lowest BCUT2D eigenvalue weighted by molar-refractivity contribution is 0.170. The second kappa shape index (κ2) is 7.39. The SMILES string of the molecule is CCNC(CCOc1ccccc1)C1CCOC1. The molecule has 1 aromatic carbocycles. The van der Waals surface area contributed by atoms with Gasteiger partial charge in [0.15, 0.2) is 0 Å². The van der Waals surface area contributed by atoms with E-state index in [-0.39, 0.29) is 0 Å². The average molecular weight is 249 g/mol. The van der Waals surface area contributed by atoms with Crippen molar-refractivity contribution >= 4 is 0 Å². The average Bonchev–Trinajstić information content (AvgIpc) is 2.93. The first-order chi connectivity index (χ1) is 8.90. The zero-order chi connectivity index (χ0) is 12.6. The summed E-state index contributed by atoms with van der Waals surface area (Å²) in [6.45, 7) is 5.72. The van der Waals surface area contributed by atoms with Crippen LogP contribution in [0.3, 0.4) is 0 Å². The van der Waals surface area contributed by atoms with Gasteiger partial charge in [-0.3, -0.25) is 0 Å². The summed E-state index contributed by atoms with van der Waals surface area (Å²) >= 11 is 0. The molecule has 2 atom stereocenters. The maximum absolute atomic E-state index is 5.76. The van der Waals surface area contributed by atoms with Gasteiger partial charge in [0.25, 0.3) is 0 Å². The fourth-order valence-electron chi connectivity index (χ4n) is 2.46. The Kier molecular flexibility index (Phi) is 5.49. The number of rotatable bonds is 7. The van der Waals surface area contributed by atoms with Crippen LogP contribution in [0.2, 0.25) is 0 Å². The molecular weight excluding hydrogens is 226 g/mol. The molecule has 0 bridgehead atoms. The van der Waals surface area contributed by atoms with E-state index in [1.807, 2.05) is 30.3 Å². The Morgan fingerprint density at radius 2 is 2.22 bits per heavy atom. The highest BCUT2D eigenvalue weighted by molar-refractivity contribution is 5.20. The molecule has 1 aliphatic rings. The van der Waals surface area contributed by atoms with Gasteiger partial charge in [-0.2, -0.15) is 0 Å². The minimum atomic E-state index is 0.515. The van der Waals surface area contributed by atoms with Crippen LogP contribution in [-0.4, -0.2) is 32.4 Å². The van der Waals surface area contributed by atoms with Crippen molar-refractivity contribution in [1.82, 2.24) is 5.32 Å². The van der Waals surface area contributed by atoms with Crippen LogP contribution in [0, 0.1) is 5.92 Å². The summed E-state index contributed by atoms with van der Waals surface area (Å²) < 4.78 is 11.2. The standard InChI is InChI=1S/C15H23NO2/c1-2-16-15(13-8-10-17-12-13)9-11-18-14-6-4-3-5-7-14/h3-7,13,15-16H,2,8-12H2,1H3. The molecule has 2 rings (SSSR count). The molecule has 1 heterocycles. The summed E-state index contributed by atoms with van der Waals surface area (Å²) in [7, 11) is 0. The number of hydrogen-bond donors (Lipinski definition) is 1. The van der Waals surface area contributed by atoms with E-state index in [0.717, 1.165) is 38.5 Å². The Hall–Kier alpha value is -1.06. The lowest BCUT2D eigenvalue weighted by Crippen LogP contribution is -2.37. The minimum absolute atomic E-state index is 0.515. The van der Waals surface area contributed by atoms with Gasteiger partial charge in [-0.25, -0.2) is 0 Å². The second-order valence-electron chi connectivity index (χ2n) is 4.74. The first-order valence-electron chi connectivity index (χ1n) is 6.89. The molecule has 100 valence electrons. The normalized spacial score (nSPS) is 20.8. The van der Waals surface area contributed by atoms with Gasteiger partial charge in [-0.1, -0.05) is 25.1 Å². The molecule has 18 heavy (non-hydrogen) atoms. The fourth-order valence-corrected chi connectivity index (χ4v) is 2.46. The predicted molar refractivity (Wildman–Crippen MR) is 72.9 cm³/mol. The molecule has 1 aromatic rings. The van der Waals surface area contributed by atoms with Gasteiger partial charge in [-0.05, 0) is 37.4 Å². The first kappa shape index (κ1) is 13.4. The van der Waals surface area contributed by atoms with Gasteiger partial charge in [0, 0.05) is 12.6 Å². The maximum atomic E-state index is 5.76. The smallest absolute Gasteiger partial charge is 0.119 e. The lowest BCUT2D eigenvalue weighted by Gasteiger charge is -2.23. The van der Waals surface area contributed by atoms with Crippen LogP contribution in [0.5, 0.6) is 5.75 Å². The monoisotopic (exact) mass is 249 g/mol. The van der Waals surface area contributed by atoms with Gasteiger partial charge in [0.1, 0.15) is 5.75 Å². The highest BCUT2D eigenvalue weighted by Gasteiger charge is 2.24. The van der Waals surface area contributed by atoms with Crippen molar-refractivity contribution in [3.8, 4) is 5.75 Å². The molecule has 0 aromatic heterocycles. The van der Waals surface area contributed by atoms with E-state index in [2.05, 4.69) is 12.2 Å². The van der Waals surface area contributed by atoms with Crippen LogP contribution in [0.15, 0.2) is 30.3 Å². The lowest BCUT2D eigenvalue weighted by atomic mass is 9.96. The van der Waals surface area contributed by atoms with Crippen LogP contribution >= 0.6 is 0 Å². The summed E-state index contributed by atoms with van der Waals surface area (Å²) in [5.74, 6) is 1.60. The maximum Gasteiger partial charge on any atom is 0.119 e. The summed E-state index contributed by atoms with van der Waals surface area (Å²) in [6, 6.07) is 10.5. The molecule has 0 amide bonds. The molecule has 0 saturated carbocycles. The van der Waals surface area contributed by atoms with Crippen molar-refractivity contribution < 1.29 is 9.47 Å². The molecule has 3 heteroatoms. The van der Waals surface area contributed by atoms with Crippen LogP contribution < -0.4 is 10.1 Å². The van der Waals surface area contributed by atoms with Gasteiger partial charge in [-0.15, -0.1) is 0 Å². The Labute approximate surface area is 109 Å². The highest BCUT2D eigenvalue weighted by Crippen LogP contribution is 2.19. The number of ether oxygens (including phenoxy) is 2. The largest absolute Gasteiger partial charge is 0.494 e. The Bertz CT molecular complexity index is 323. The molecule has 0 radical (unpaired) electrons. The number of nitrogens with one attached hydrogen (secondary N) is 1. The van der Waals surface area contributed by atoms with Gasteiger partial charge in [0.05, 0.1) is 13.2 Å². The summed E-state index contributed by atoms with van der Waals surface area (Å²) in [5.41, 5.74) is 0. The van der Waals surface area contributed by atoms with E-state index >= 15 is 0 Å². The molecule has 3 nitrogen and oxygen atoms in total. The topological polar surface area (TPSA) is 30.5 Å².